The normalized spacial score (nSPS) is 14.1. The fourth-order valence-electron chi connectivity index (χ4n) is 3.68. The summed E-state index contributed by atoms with van der Waals surface area (Å²) in [5.74, 6) is -0.802. The van der Waals surface area contributed by atoms with Crippen LogP contribution in [0.4, 0.5) is 10.1 Å². The van der Waals surface area contributed by atoms with E-state index < -0.39 is 21.4 Å². The first kappa shape index (κ1) is 21.1. The van der Waals surface area contributed by atoms with Gasteiger partial charge in [0.2, 0.25) is 15.9 Å². The van der Waals surface area contributed by atoms with Gasteiger partial charge in [0.1, 0.15) is 12.4 Å². The first-order chi connectivity index (χ1) is 14.7. The van der Waals surface area contributed by atoms with Crippen molar-refractivity contribution in [3.8, 4) is 0 Å². The van der Waals surface area contributed by atoms with Crippen LogP contribution in [-0.2, 0) is 27.8 Å². The van der Waals surface area contributed by atoms with E-state index in [2.05, 4.69) is 4.98 Å². The van der Waals surface area contributed by atoms with Crippen LogP contribution in [0.2, 0.25) is 0 Å². The lowest BCUT2D eigenvalue weighted by Crippen LogP contribution is -2.39. The molecule has 0 fully saturated rings. The minimum Gasteiger partial charge on any atom is -0.311 e. The Kier molecular flexibility index (Phi) is 5.36. The smallest absolute Gasteiger partial charge is 0.261 e. The van der Waals surface area contributed by atoms with Gasteiger partial charge < -0.3 is 4.90 Å². The average molecular weight is 444 g/mol. The third-order valence-corrected chi connectivity index (χ3v) is 7.15. The minimum absolute atomic E-state index is 0.174. The Morgan fingerprint density at radius 3 is 2.71 bits per heavy atom. The molecule has 0 radical (unpaired) electrons. The SMILES string of the molecule is CN(C)S(=O)(=O)c1ccc2c(c1)CCCN2C(=O)Cn1cnc2cc(F)ccc2c1=O. The zero-order chi connectivity index (χ0) is 22.3. The van der Waals surface area contributed by atoms with E-state index in [-0.39, 0.29) is 28.3 Å². The van der Waals surface area contributed by atoms with Gasteiger partial charge >= 0.3 is 0 Å². The van der Waals surface area contributed by atoms with Crippen LogP contribution in [0.1, 0.15) is 12.0 Å². The van der Waals surface area contributed by atoms with Crippen LogP contribution in [0.15, 0.2) is 52.4 Å². The number of benzene rings is 2. The summed E-state index contributed by atoms with van der Waals surface area (Å²) in [5, 5.41) is 0.231. The molecule has 162 valence electrons. The zero-order valence-corrected chi connectivity index (χ0v) is 17.9. The van der Waals surface area contributed by atoms with Gasteiger partial charge in [-0.25, -0.2) is 22.1 Å². The highest BCUT2D eigenvalue weighted by atomic mass is 32.2. The van der Waals surface area contributed by atoms with Crippen LogP contribution in [-0.4, -0.2) is 48.8 Å². The van der Waals surface area contributed by atoms with Gasteiger partial charge in [0.05, 0.1) is 22.1 Å². The molecule has 8 nitrogen and oxygen atoms in total. The van der Waals surface area contributed by atoms with E-state index >= 15 is 0 Å². The Balaban J connectivity index is 1.64. The van der Waals surface area contributed by atoms with Crippen molar-refractivity contribution in [1.82, 2.24) is 13.9 Å². The average Bonchev–Trinajstić information content (AvgIpc) is 2.74. The molecule has 1 aliphatic rings. The first-order valence-corrected chi connectivity index (χ1v) is 11.1. The predicted molar refractivity (Wildman–Crippen MR) is 114 cm³/mol. The number of anilines is 1. The van der Waals surface area contributed by atoms with Crippen molar-refractivity contribution in [2.75, 3.05) is 25.5 Å². The minimum atomic E-state index is -3.58. The molecule has 4 rings (SSSR count). The van der Waals surface area contributed by atoms with Crippen LogP contribution in [0.25, 0.3) is 10.9 Å². The standard InChI is InChI=1S/C21H21FN4O4S/c1-24(2)31(29,30)16-6-8-19-14(10-16)4-3-9-26(19)20(27)12-25-13-23-18-11-15(22)5-7-17(18)21(25)28/h5-8,10-11,13H,3-4,9,12H2,1-2H3. The molecule has 0 saturated heterocycles. The van der Waals surface area contributed by atoms with Crippen LogP contribution in [0.3, 0.4) is 0 Å². The molecule has 0 atom stereocenters. The first-order valence-electron chi connectivity index (χ1n) is 9.69. The van der Waals surface area contributed by atoms with E-state index in [1.54, 1.807) is 17.0 Å². The Morgan fingerprint density at radius 1 is 1.19 bits per heavy atom. The Bertz CT molecular complexity index is 1350. The maximum atomic E-state index is 13.4. The van der Waals surface area contributed by atoms with Crippen molar-refractivity contribution >= 4 is 32.5 Å². The van der Waals surface area contributed by atoms with Crippen molar-refractivity contribution in [3.05, 3.63) is 64.5 Å². The topological polar surface area (TPSA) is 92.6 Å². The summed E-state index contributed by atoms with van der Waals surface area (Å²) in [4.78, 5) is 31.5. The second kappa shape index (κ2) is 7.86. The number of aromatic nitrogens is 2. The number of carbonyl (C=O) groups is 1. The molecule has 0 spiro atoms. The number of fused-ring (bicyclic) bond motifs is 2. The number of hydrogen-bond donors (Lipinski definition) is 0. The Labute approximate surface area is 178 Å². The van der Waals surface area contributed by atoms with Gasteiger partial charge in [0, 0.05) is 32.4 Å². The molecule has 2 heterocycles. The lowest BCUT2D eigenvalue weighted by Gasteiger charge is -2.30. The van der Waals surface area contributed by atoms with Crippen molar-refractivity contribution in [2.24, 2.45) is 0 Å². The molecule has 1 amide bonds. The van der Waals surface area contributed by atoms with Gasteiger partial charge in [-0.15, -0.1) is 0 Å². The fourth-order valence-corrected chi connectivity index (χ4v) is 4.63. The number of aryl methyl sites for hydroxylation is 1. The largest absolute Gasteiger partial charge is 0.311 e. The third kappa shape index (κ3) is 3.84. The highest BCUT2D eigenvalue weighted by molar-refractivity contribution is 7.89. The number of hydrogen-bond acceptors (Lipinski definition) is 5. The van der Waals surface area contributed by atoms with Gasteiger partial charge in [-0.05, 0) is 48.7 Å². The number of sulfonamides is 1. The van der Waals surface area contributed by atoms with Crippen LogP contribution in [0, 0.1) is 5.82 Å². The number of rotatable bonds is 4. The summed E-state index contributed by atoms with van der Waals surface area (Å²) in [6.45, 7) is 0.239. The molecule has 1 aromatic heterocycles. The Morgan fingerprint density at radius 2 is 1.97 bits per heavy atom. The Hall–Kier alpha value is -3.11. The number of carbonyl (C=O) groups excluding carboxylic acids is 1. The fraction of sp³-hybridized carbons (Fsp3) is 0.286. The van der Waals surface area contributed by atoms with Crippen LogP contribution >= 0.6 is 0 Å². The molecule has 1 aliphatic heterocycles. The molecule has 0 N–H and O–H groups in total. The lowest BCUT2D eigenvalue weighted by atomic mass is 10.0. The van der Waals surface area contributed by atoms with Crippen molar-refractivity contribution in [2.45, 2.75) is 24.3 Å². The summed E-state index contributed by atoms with van der Waals surface area (Å²) in [5.41, 5.74) is 1.20. The van der Waals surface area contributed by atoms with E-state index in [1.807, 2.05) is 0 Å². The van der Waals surface area contributed by atoms with E-state index in [0.717, 1.165) is 9.87 Å². The van der Waals surface area contributed by atoms with E-state index in [0.29, 0.717) is 25.1 Å². The molecule has 0 bridgehead atoms. The third-order valence-electron chi connectivity index (χ3n) is 5.34. The monoisotopic (exact) mass is 444 g/mol. The van der Waals surface area contributed by atoms with Gasteiger partial charge in [-0.1, -0.05) is 0 Å². The van der Waals surface area contributed by atoms with E-state index in [4.69, 9.17) is 0 Å². The van der Waals surface area contributed by atoms with Gasteiger partial charge in [0.15, 0.2) is 0 Å². The van der Waals surface area contributed by atoms with Crippen LogP contribution < -0.4 is 10.5 Å². The molecule has 10 heteroatoms. The molecular weight excluding hydrogens is 423 g/mol. The highest BCUT2D eigenvalue weighted by Gasteiger charge is 2.26. The number of nitrogens with zero attached hydrogens (tertiary/aromatic N) is 4. The van der Waals surface area contributed by atoms with Gasteiger partial charge in [-0.3, -0.25) is 14.2 Å². The quantitative estimate of drug-likeness (QED) is 0.612. The molecule has 3 aromatic rings. The summed E-state index contributed by atoms with van der Waals surface area (Å²) in [6.07, 6.45) is 2.56. The summed E-state index contributed by atoms with van der Waals surface area (Å²) in [6, 6.07) is 8.41. The van der Waals surface area contributed by atoms with Crippen LogP contribution in [0.5, 0.6) is 0 Å². The van der Waals surface area contributed by atoms with E-state index in [1.165, 1.54) is 49.3 Å². The van der Waals surface area contributed by atoms with E-state index in [9.17, 15) is 22.4 Å². The lowest BCUT2D eigenvalue weighted by molar-refractivity contribution is -0.119. The second-order valence-corrected chi connectivity index (χ2v) is 9.72. The zero-order valence-electron chi connectivity index (χ0n) is 17.1. The summed E-state index contributed by atoms with van der Waals surface area (Å²) < 4.78 is 40.5. The van der Waals surface area contributed by atoms with Crippen molar-refractivity contribution < 1.29 is 17.6 Å². The molecule has 0 unspecified atom stereocenters. The number of halogens is 1. The summed E-state index contributed by atoms with van der Waals surface area (Å²) >= 11 is 0. The molecule has 0 aliphatic carbocycles. The van der Waals surface area contributed by atoms with Crippen molar-refractivity contribution in [1.29, 1.82) is 0 Å². The van der Waals surface area contributed by atoms with Gasteiger partial charge in [0.25, 0.3) is 5.56 Å². The maximum Gasteiger partial charge on any atom is 0.261 e. The van der Waals surface area contributed by atoms with Crippen molar-refractivity contribution in [3.63, 3.8) is 0 Å². The molecule has 31 heavy (non-hydrogen) atoms. The molecule has 0 saturated carbocycles. The number of amides is 1. The predicted octanol–water partition coefficient (Wildman–Crippen LogP) is 1.77. The molecular formula is C21H21FN4O4S. The second-order valence-electron chi connectivity index (χ2n) is 7.57. The maximum absolute atomic E-state index is 13.4. The van der Waals surface area contributed by atoms with Gasteiger partial charge in [-0.2, -0.15) is 0 Å². The molecule has 2 aromatic carbocycles. The summed E-state index contributed by atoms with van der Waals surface area (Å²) in [7, 11) is -0.643. The highest BCUT2D eigenvalue weighted by Crippen LogP contribution is 2.30.